The van der Waals surface area contributed by atoms with Crippen LogP contribution in [0.2, 0.25) is 0 Å². The van der Waals surface area contributed by atoms with Crippen molar-refractivity contribution in [3.63, 3.8) is 0 Å². The Labute approximate surface area is 211 Å². The zero-order valence-corrected chi connectivity index (χ0v) is 19.7. The Kier molecular flexibility index (Phi) is 6.33. The van der Waals surface area contributed by atoms with E-state index in [2.05, 4.69) is 0 Å². The predicted octanol–water partition coefficient (Wildman–Crippen LogP) is 5.77. The number of rotatable bonds is 6. The van der Waals surface area contributed by atoms with Crippen LogP contribution < -0.4 is 10.5 Å². The van der Waals surface area contributed by atoms with Crippen molar-refractivity contribution in [3.8, 4) is 11.1 Å². The first-order chi connectivity index (χ1) is 17.7. The maximum atomic E-state index is 13.7. The van der Waals surface area contributed by atoms with Crippen molar-refractivity contribution in [2.75, 3.05) is 11.4 Å². The number of carboxylic acids is 1. The van der Waals surface area contributed by atoms with E-state index in [-0.39, 0.29) is 12.1 Å². The first kappa shape index (κ1) is 24.4. The average Bonchev–Trinajstić information content (AvgIpc) is 3.25. The molecular formula is C29H23F3N2O3. The molecule has 1 aliphatic rings. The van der Waals surface area contributed by atoms with Crippen LogP contribution >= 0.6 is 0 Å². The third-order valence-corrected chi connectivity index (χ3v) is 6.53. The smallest absolute Gasteiger partial charge is 0.416 e. The molecule has 188 valence electrons. The Morgan fingerprint density at radius 2 is 1.54 bits per heavy atom. The summed E-state index contributed by atoms with van der Waals surface area (Å²) < 4.78 is 42.2. The molecule has 5 nitrogen and oxygen atoms in total. The number of benzene rings is 3. The fourth-order valence-corrected chi connectivity index (χ4v) is 4.90. The third kappa shape index (κ3) is 4.87. The van der Waals surface area contributed by atoms with Gasteiger partial charge >= 0.3 is 12.1 Å². The van der Waals surface area contributed by atoms with Gasteiger partial charge in [0.25, 0.3) is 5.56 Å². The number of carbonyl (C=O) groups is 1. The van der Waals surface area contributed by atoms with Crippen LogP contribution in [0.5, 0.6) is 0 Å². The van der Waals surface area contributed by atoms with Gasteiger partial charge in [-0.2, -0.15) is 13.2 Å². The molecule has 0 spiro atoms. The largest absolute Gasteiger partial charge is 0.480 e. The maximum absolute atomic E-state index is 13.7. The Morgan fingerprint density at radius 3 is 2.16 bits per heavy atom. The quantitative estimate of drug-likeness (QED) is 0.362. The molecule has 0 fully saturated rings. The predicted molar refractivity (Wildman–Crippen MR) is 135 cm³/mol. The van der Waals surface area contributed by atoms with Crippen LogP contribution in [0.1, 0.15) is 28.3 Å². The third-order valence-electron chi connectivity index (χ3n) is 6.53. The highest BCUT2D eigenvalue weighted by Crippen LogP contribution is 2.42. The number of nitrogens with zero attached hydrogens (tertiary/aromatic N) is 2. The molecule has 8 heteroatoms. The van der Waals surface area contributed by atoms with Crippen molar-refractivity contribution in [3.05, 3.63) is 124 Å². The van der Waals surface area contributed by atoms with E-state index in [1.807, 2.05) is 60.7 Å². The Bertz CT molecular complexity index is 1500. The summed E-state index contributed by atoms with van der Waals surface area (Å²) in [6.45, 7) is 0.311. The van der Waals surface area contributed by atoms with Gasteiger partial charge in [-0.15, -0.1) is 0 Å². The lowest BCUT2D eigenvalue weighted by atomic mass is 9.94. The minimum absolute atomic E-state index is 0.0141. The number of halogens is 3. The van der Waals surface area contributed by atoms with Crippen molar-refractivity contribution in [1.82, 2.24) is 4.57 Å². The van der Waals surface area contributed by atoms with Gasteiger partial charge in [0.05, 0.1) is 12.1 Å². The Hall–Kier alpha value is -4.33. The molecule has 0 saturated heterocycles. The van der Waals surface area contributed by atoms with E-state index in [1.54, 1.807) is 11.0 Å². The Morgan fingerprint density at radius 1 is 0.892 bits per heavy atom. The molecule has 0 saturated carbocycles. The average molecular weight is 505 g/mol. The number of hydrogen-bond acceptors (Lipinski definition) is 3. The molecule has 2 heterocycles. The number of aromatic nitrogens is 1. The summed E-state index contributed by atoms with van der Waals surface area (Å²) in [4.78, 5) is 27.3. The highest BCUT2D eigenvalue weighted by molar-refractivity contribution is 5.85. The molecule has 1 N–H and O–H groups in total. The summed E-state index contributed by atoms with van der Waals surface area (Å²) in [6, 6.07) is 23.8. The SMILES string of the molecule is O=C(O)C1CN(Cc2ccccc2)c2c(-c3cccc(C(F)(F)F)c3)c(Cc3ccccc3)cc(=O)n21. The molecule has 37 heavy (non-hydrogen) atoms. The van der Waals surface area contributed by atoms with Crippen LogP contribution in [0, 0.1) is 0 Å². The van der Waals surface area contributed by atoms with Gasteiger partial charge in [-0.05, 0) is 40.8 Å². The van der Waals surface area contributed by atoms with Crippen LogP contribution in [0.4, 0.5) is 19.0 Å². The van der Waals surface area contributed by atoms with Gasteiger partial charge in [-0.25, -0.2) is 4.79 Å². The minimum atomic E-state index is -4.56. The minimum Gasteiger partial charge on any atom is -0.480 e. The normalized spacial score (nSPS) is 15.0. The summed E-state index contributed by atoms with van der Waals surface area (Å²) in [5.41, 5.74) is 1.68. The van der Waals surface area contributed by atoms with Gasteiger partial charge in [0.2, 0.25) is 0 Å². The number of alkyl halides is 3. The lowest BCUT2D eigenvalue weighted by molar-refractivity contribution is -0.140. The second kappa shape index (κ2) is 9.61. The van der Waals surface area contributed by atoms with E-state index in [0.717, 1.165) is 23.3 Å². The first-order valence-electron chi connectivity index (χ1n) is 11.7. The molecule has 1 atom stereocenters. The fraction of sp³-hybridized carbons (Fsp3) is 0.172. The number of pyridine rings is 1. The summed E-state index contributed by atoms with van der Waals surface area (Å²) >= 11 is 0. The van der Waals surface area contributed by atoms with E-state index >= 15 is 0 Å². The van der Waals surface area contributed by atoms with Gasteiger partial charge in [-0.3, -0.25) is 9.36 Å². The fourth-order valence-electron chi connectivity index (χ4n) is 4.90. The number of aliphatic carboxylic acids is 1. The summed E-state index contributed by atoms with van der Waals surface area (Å²) in [5.74, 6) is -0.862. The molecular weight excluding hydrogens is 481 g/mol. The summed E-state index contributed by atoms with van der Waals surface area (Å²) in [5, 5.41) is 9.95. The summed E-state index contributed by atoms with van der Waals surface area (Å²) in [7, 11) is 0. The molecule has 5 rings (SSSR count). The Balaban J connectivity index is 1.77. The standard InChI is InChI=1S/C29H23F3N2O3/c30-29(31,32)23-13-7-12-21(15-23)26-22(14-19-8-3-1-4-9-19)16-25(35)34-24(28(36)37)18-33(27(26)34)17-20-10-5-2-6-11-20/h1-13,15-16,24H,14,17-18H2,(H,36,37). The van der Waals surface area contributed by atoms with Gasteiger partial charge in [-0.1, -0.05) is 72.8 Å². The number of hydrogen-bond donors (Lipinski definition) is 1. The molecule has 0 bridgehead atoms. The van der Waals surface area contributed by atoms with Crippen molar-refractivity contribution < 1.29 is 23.1 Å². The van der Waals surface area contributed by atoms with E-state index in [1.165, 1.54) is 16.7 Å². The second-order valence-electron chi connectivity index (χ2n) is 9.04. The maximum Gasteiger partial charge on any atom is 0.416 e. The van der Waals surface area contributed by atoms with Gasteiger partial charge in [0, 0.05) is 18.2 Å². The molecule has 0 radical (unpaired) electrons. The van der Waals surface area contributed by atoms with E-state index in [0.29, 0.717) is 29.9 Å². The van der Waals surface area contributed by atoms with Crippen LogP contribution in [0.15, 0.2) is 95.8 Å². The topological polar surface area (TPSA) is 62.5 Å². The molecule has 1 unspecified atom stereocenters. The monoisotopic (exact) mass is 504 g/mol. The lowest BCUT2D eigenvalue weighted by Gasteiger charge is -2.24. The highest BCUT2D eigenvalue weighted by Gasteiger charge is 2.38. The molecule has 0 aliphatic carbocycles. The molecule has 4 aromatic rings. The van der Waals surface area contributed by atoms with Gasteiger partial charge in [0.15, 0.2) is 6.04 Å². The van der Waals surface area contributed by atoms with E-state index in [9.17, 15) is 27.9 Å². The van der Waals surface area contributed by atoms with Crippen LogP contribution in [0.3, 0.4) is 0 Å². The number of anilines is 1. The highest BCUT2D eigenvalue weighted by atomic mass is 19.4. The first-order valence-corrected chi connectivity index (χ1v) is 11.7. The molecule has 1 aliphatic heterocycles. The van der Waals surface area contributed by atoms with Gasteiger partial charge < -0.3 is 10.0 Å². The molecule has 3 aromatic carbocycles. The second-order valence-corrected chi connectivity index (χ2v) is 9.04. The van der Waals surface area contributed by atoms with Crippen molar-refractivity contribution >= 4 is 11.8 Å². The van der Waals surface area contributed by atoms with Crippen molar-refractivity contribution in [2.24, 2.45) is 0 Å². The van der Waals surface area contributed by atoms with E-state index in [4.69, 9.17) is 0 Å². The van der Waals surface area contributed by atoms with E-state index < -0.39 is 29.3 Å². The number of fused-ring (bicyclic) bond motifs is 1. The van der Waals surface area contributed by atoms with Crippen LogP contribution in [-0.2, 0) is 23.9 Å². The van der Waals surface area contributed by atoms with Crippen LogP contribution in [0.25, 0.3) is 11.1 Å². The van der Waals surface area contributed by atoms with Crippen molar-refractivity contribution in [2.45, 2.75) is 25.2 Å². The molecule has 1 aromatic heterocycles. The van der Waals surface area contributed by atoms with Gasteiger partial charge in [0.1, 0.15) is 5.82 Å². The summed E-state index contributed by atoms with van der Waals surface area (Å²) in [6.07, 6.45) is -4.26. The number of carboxylic acid groups (broad SMARTS) is 1. The zero-order chi connectivity index (χ0) is 26.2. The lowest BCUT2D eigenvalue weighted by Crippen LogP contribution is -2.28. The van der Waals surface area contributed by atoms with Crippen LogP contribution in [-0.4, -0.2) is 22.2 Å². The van der Waals surface area contributed by atoms with Crippen molar-refractivity contribution in [1.29, 1.82) is 0 Å². The molecule has 0 amide bonds. The zero-order valence-electron chi connectivity index (χ0n) is 19.7.